The van der Waals surface area contributed by atoms with Crippen LogP contribution in [0.1, 0.15) is 38.5 Å². The van der Waals surface area contributed by atoms with Crippen LogP contribution in [0.3, 0.4) is 0 Å². The lowest BCUT2D eigenvalue weighted by Crippen LogP contribution is -2.58. The Balaban J connectivity index is 1.42. The van der Waals surface area contributed by atoms with Crippen LogP contribution in [-0.2, 0) is 9.53 Å². The summed E-state index contributed by atoms with van der Waals surface area (Å²) < 4.78 is 5.64. The molecule has 3 aliphatic rings. The zero-order chi connectivity index (χ0) is 17.1. The van der Waals surface area contributed by atoms with E-state index in [1.807, 2.05) is 0 Å². The molecule has 7 heteroatoms. The lowest BCUT2D eigenvalue weighted by atomic mass is 9.84. The van der Waals surface area contributed by atoms with Crippen molar-refractivity contribution in [3.63, 3.8) is 0 Å². The maximum Gasteiger partial charge on any atom is 0.240 e. The van der Waals surface area contributed by atoms with E-state index in [1.54, 1.807) is 18.6 Å². The fourth-order valence-corrected chi connectivity index (χ4v) is 4.53. The largest absolute Gasteiger partial charge is 0.376 e. The van der Waals surface area contributed by atoms with Gasteiger partial charge in [0.1, 0.15) is 11.4 Å². The van der Waals surface area contributed by atoms with Gasteiger partial charge in [0, 0.05) is 38.1 Å². The van der Waals surface area contributed by atoms with E-state index < -0.39 is 0 Å². The number of aromatic nitrogens is 2. The van der Waals surface area contributed by atoms with Crippen molar-refractivity contribution in [2.24, 2.45) is 0 Å². The van der Waals surface area contributed by atoms with Crippen LogP contribution in [0.4, 0.5) is 5.82 Å². The molecule has 4 rings (SSSR count). The molecular weight excluding hydrogens is 318 g/mol. The number of carbonyl (C=O) groups excluding carboxylic acids is 1. The molecule has 0 unspecified atom stereocenters. The molecule has 25 heavy (non-hydrogen) atoms. The highest BCUT2D eigenvalue weighted by molar-refractivity contribution is 5.87. The van der Waals surface area contributed by atoms with Crippen molar-refractivity contribution in [3.05, 3.63) is 18.6 Å². The molecule has 3 aliphatic heterocycles. The zero-order valence-electron chi connectivity index (χ0n) is 14.6. The Bertz CT molecular complexity index is 592. The van der Waals surface area contributed by atoms with Crippen LogP contribution in [0, 0.1) is 0 Å². The van der Waals surface area contributed by atoms with Gasteiger partial charge in [-0.05, 0) is 45.1 Å². The number of hydrogen-bond acceptors (Lipinski definition) is 6. The summed E-state index contributed by atoms with van der Waals surface area (Å²) >= 11 is 0. The summed E-state index contributed by atoms with van der Waals surface area (Å²) in [6, 6.07) is 0.225. The Morgan fingerprint density at radius 2 is 2.32 bits per heavy atom. The van der Waals surface area contributed by atoms with E-state index in [0.717, 1.165) is 57.6 Å². The Labute approximate surface area is 148 Å². The molecular formula is C18H27N5O2. The van der Waals surface area contributed by atoms with Gasteiger partial charge in [-0.15, -0.1) is 0 Å². The number of anilines is 1. The number of nitrogens with zero attached hydrogens (tertiary/aromatic N) is 3. The van der Waals surface area contributed by atoms with Gasteiger partial charge in [0.05, 0.1) is 12.3 Å². The lowest BCUT2D eigenvalue weighted by Gasteiger charge is -2.40. The second kappa shape index (κ2) is 7.25. The van der Waals surface area contributed by atoms with Crippen molar-refractivity contribution in [1.29, 1.82) is 0 Å². The molecule has 1 amide bonds. The highest BCUT2D eigenvalue weighted by Crippen LogP contribution is 2.38. The van der Waals surface area contributed by atoms with Gasteiger partial charge < -0.3 is 15.4 Å². The highest BCUT2D eigenvalue weighted by Gasteiger charge is 2.51. The molecule has 0 saturated carbocycles. The van der Waals surface area contributed by atoms with E-state index in [1.165, 1.54) is 6.42 Å². The first-order chi connectivity index (χ1) is 12.3. The Hall–Kier alpha value is -1.73. The third kappa shape index (κ3) is 3.48. The number of rotatable bonds is 5. The first-order valence-corrected chi connectivity index (χ1v) is 9.44. The van der Waals surface area contributed by atoms with Crippen molar-refractivity contribution >= 4 is 11.7 Å². The molecule has 3 saturated heterocycles. The summed E-state index contributed by atoms with van der Waals surface area (Å²) in [5.41, 5.74) is -0.378. The number of fused-ring (bicyclic) bond motifs is 1. The van der Waals surface area contributed by atoms with Crippen molar-refractivity contribution in [3.8, 4) is 0 Å². The summed E-state index contributed by atoms with van der Waals surface area (Å²) in [5, 5.41) is 6.63. The maximum atomic E-state index is 13.1. The highest BCUT2D eigenvalue weighted by atomic mass is 16.5. The van der Waals surface area contributed by atoms with E-state index in [-0.39, 0.29) is 23.6 Å². The third-order valence-electron chi connectivity index (χ3n) is 5.75. The zero-order valence-corrected chi connectivity index (χ0v) is 14.6. The van der Waals surface area contributed by atoms with Gasteiger partial charge in [-0.25, -0.2) is 4.98 Å². The standard InChI is InChI=1S/C18H27N5O2/c24-17(21-11-15-4-3-9-25-15)18-5-1-2-8-23(18)13-14(10-18)22-16-12-19-6-7-20-16/h6-7,12,14-15H,1-5,8-11,13H2,(H,20,22)(H,21,24)/t14-,15-,18-/m0/s1. The number of carbonyl (C=O) groups is 1. The number of amides is 1. The summed E-state index contributed by atoms with van der Waals surface area (Å²) in [6.07, 6.45) is 11.5. The summed E-state index contributed by atoms with van der Waals surface area (Å²) in [4.78, 5) is 23.9. The van der Waals surface area contributed by atoms with Crippen LogP contribution < -0.4 is 10.6 Å². The number of piperidine rings is 1. The van der Waals surface area contributed by atoms with E-state index in [0.29, 0.717) is 6.54 Å². The number of nitrogens with one attached hydrogen (secondary N) is 2. The average molecular weight is 345 g/mol. The van der Waals surface area contributed by atoms with E-state index in [2.05, 4.69) is 25.5 Å². The Morgan fingerprint density at radius 1 is 1.36 bits per heavy atom. The van der Waals surface area contributed by atoms with Gasteiger partial charge >= 0.3 is 0 Å². The van der Waals surface area contributed by atoms with E-state index >= 15 is 0 Å². The van der Waals surface area contributed by atoms with Crippen LogP contribution in [0.5, 0.6) is 0 Å². The van der Waals surface area contributed by atoms with Crippen LogP contribution >= 0.6 is 0 Å². The molecule has 3 fully saturated rings. The van der Waals surface area contributed by atoms with Crippen LogP contribution in [0.25, 0.3) is 0 Å². The van der Waals surface area contributed by atoms with Crippen molar-refractivity contribution in [1.82, 2.24) is 20.2 Å². The van der Waals surface area contributed by atoms with Crippen molar-refractivity contribution < 1.29 is 9.53 Å². The van der Waals surface area contributed by atoms with E-state index in [4.69, 9.17) is 4.74 Å². The van der Waals surface area contributed by atoms with Gasteiger partial charge in [-0.3, -0.25) is 14.7 Å². The fraction of sp³-hybridized carbons (Fsp3) is 0.722. The number of hydrogen-bond donors (Lipinski definition) is 2. The van der Waals surface area contributed by atoms with Crippen LogP contribution in [0.2, 0.25) is 0 Å². The lowest BCUT2D eigenvalue weighted by molar-refractivity contribution is -0.134. The predicted molar refractivity (Wildman–Crippen MR) is 94.2 cm³/mol. The quantitative estimate of drug-likeness (QED) is 0.834. The molecule has 3 atom stereocenters. The van der Waals surface area contributed by atoms with Crippen molar-refractivity contribution in [2.45, 2.75) is 56.2 Å². The molecule has 1 aromatic rings. The number of ether oxygens (including phenoxy) is 1. The van der Waals surface area contributed by atoms with Gasteiger partial charge in [-0.2, -0.15) is 0 Å². The normalized spacial score (nSPS) is 32.3. The van der Waals surface area contributed by atoms with Crippen molar-refractivity contribution in [2.75, 3.05) is 31.6 Å². The van der Waals surface area contributed by atoms with Crippen LogP contribution in [0.15, 0.2) is 18.6 Å². The molecule has 0 aliphatic carbocycles. The van der Waals surface area contributed by atoms with Gasteiger partial charge in [0.25, 0.3) is 0 Å². The minimum atomic E-state index is -0.378. The molecule has 136 valence electrons. The second-order valence-electron chi connectivity index (χ2n) is 7.42. The molecule has 0 radical (unpaired) electrons. The molecule has 0 bridgehead atoms. The van der Waals surface area contributed by atoms with Crippen LogP contribution in [-0.4, -0.2) is 64.7 Å². The molecule has 2 N–H and O–H groups in total. The summed E-state index contributed by atoms with van der Waals surface area (Å²) in [5.74, 6) is 0.952. The topological polar surface area (TPSA) is 79.4 Å². The summed E-state index contributed by atoms with van der Waals surface area (Å²) in [7, 11) is 0. The Kier molecular flexibility index (Phi) is 4.85. The Morgan fingerprint density at radius 3 is 3.12 bits per heavy atom. The molecule has 4 heterocycles. The first-order valence-electron chi connectivity index (χ1n) is 9.44. The molecule has 1 aromatic heterocycles. The minimum absolute atomic E-state index is 0.172. The SMILES string of the molecule is O=C(NC[C@@H]1CCCO1)[C@@]12CCCCN1C[C@@H](Nc1cnccn1)C2. The molecule has 7 nitrogen and oxygen atoms in total. The van der Waals surface area contributed by atoms with Gasteiger partial charge in [-0.1, -0.05) is 0 Å². The first kappa shape index (κ1) is 16.7. The predicted octanol–water partition coefficient (Wildman–Crippen LogP) is 1.18. The smallest absolute Gasteiger partial charge is 0.240 e. The summed E-state index contributed by atoms with van der Waals surface area (Å²) in [6.45, 7) is 3.33. The second-order valence-corrected chi connectivity index (χ2v) is 7.42. The molecule has 0 aromatic carbocycles. The molecule has 0 spiro atoms. The third-order valence-corrected chi connectivity index (χ3v) is 5.75. The van der Waals surface area contributed by atoms with Gasteiger partial charge in [0.15, 0.2) is 0 Å². The van der Waals surface area contributed by atoms with Gasteiger partial charge in [0.2, 0.25) is 5.91 Å². The maximum absolute atomic E-state index is 13.1. The minimum Gasteiger partial charge on any atom is -0.376 e. The fourth-order valence-electron chi connectivity index (χ4n) is 4.53. The van der Waals surface area contributed by atoms with E-state index in [9.17, 15) is 4.79 Å². The average Bonchev–Trinajstić information content (AvgIpc) is 3.28. The monoisotopic (exact) mass is 345 g/mol.